The molecule has 0 spiro atoms. The Morgan fingerprint density at radius 1 is 1.10 bits per heavy atom. The third kappa shape index (κ3) is 3.96. The predicted molar refractivity (Wildman–Crippen MR) is 137 cm³/mol. The van der Waals surface area contributed by atoms with Gasteiger partial charge in [-0.15, -0.1) is 0 Å². The van der Waals surface area contributed by atoms with E-state index in [0.717, 1.165) is 40.4 Å². The lowest BCUT2D eigenvalue weighted by molar-refractivity contribution is 0.00383. The van der Waals surface area contributed by atoms with Crippen LogP contribution in [0.1, 0.15) is 58.2 Å². The standard InChI is InChI=1S/C25H39ClO3Si2/c1-9-31(10-2,11-3)29-25-20(14-15-21(25)28-30(7,8)24(4,5)6)16-18-12-13-19(17-27)23(26)22(18)25/h12-16,21,27H,9-11,17H2,1-8H3/t21-,25-/m0/s1. The lowest BCUT2D eigenvalue weighted by Crippen LogP contribution is -2.54. The molecule has 172 valence electrons. The van der Waals surface area contributed by atoms with Gasteiger partial charge in [-0.25, -0.2) is 0 Å². The van der Waals surface area contributed by atoms with Crippen molar-refractivity contribution in [3.63, 3.8) is 0 Å². The summed E-state index contributed by atoms with van der Waals surface area (Å²) >= 11 is 6.97. The summed E-state index contributed by atoms with van der Waals surface area (Å²) < 4.78 is 14.4. The summed E-state index contributed by atoms with van der Waals surface area (Å²) in [5.74, 6) is 0. The molecule has 0 saturated carbocycles. The molecule has 0 aliphatic heterocycles. The third-order valence-electron chi connectivity index (χ3n) is 7.93. The quantitative estimate of drug-likeness (QED) is 0.395. The van der Waals surface area contributed by atoms with E-state index in [1.807, 2.05) is 6.07 Å². The molecule has 0 fully saturated rings. The predicted octanol–water partition coefficient (Wildman–Crippen LogP) is 7.41. The molecule has 0 saturated heterocycles. The number of aliphatic hydroxyl groups is 1. The minimum atomic E-state index is -2.08. The highest BCUT2D eigenvalue weighted by Gasteiger charge is 2.57. The largest absolute Gasteiger partial charge is 0.407 e. The zero-order valence-corrected chi connectivity index (χ0v) is 23.2. The fourth-order valence-electron chi connectivity index (χ4n) is 4.57. The molecule has 1 aromatic carbocycles. The van der Waals surface area contributed by atoms with Crippen LogP contribution in [0.25, 0.3) is 6.08 Å². The molecule has 0 unspecified atom stereocenters. The van der Waals surface area contributed by atoms with Crippen molar-refractivity contribution in [1.29, 1.82) is 0 Å². The van der Waals surface area contributed by atoms with Crippen LogP contribution in [0.4, 0.5) is 0 Å². The van der Waals surface area contributed by atoms with Gasteiger partial charge in [0.25, 0.3) is 0 Å². The van der Waals surface area contributed by atoms with E-state index in [2.05, 4.69) is 78.9 Å². The van der Waals surface area contributed by atoms with Gasteiger partial charge in [0.2, 0.25) is 0 Å². The number of hydrogen-bond acceptors (Lipinski definition) is 3. The summed E-state index contributed by atoms with van der Waals surface area (Å²) in [6.45, 7) is 18.1. The first-order chi connectivity index (χ1) is 14.4. The average molecular weight is 479 g/mol. The number of hydrogen-bond donors (Lipinski definition) is 1. The second kappa shape index (κ2) is 8.58. The van der Waals surface area contributed by atoms with E-state index >= 15 is 0 Å². The molecule has 3 rings (SSSR count). The molecule has 2 aliphatic carbocycles. The normalized spacial score (nSPS) is 23.2. The van der Waals surface area contributed by atoms with Gasteiger partial charge in [0.1, 0.15) is 11.7 Å². The minimum absolute atomic E-state index is 0.0848. The van der Waals surface area contributed by atoms with Crippen molar-refractivity contribution < 1.29 is 14.0 Å². The molecule has 0 amide bonds. The van der Waals surface area contributed by atoms with Crippen molar-refractivity contribution >= 4 is 34.3 Å². The molecule has 6 heteroatoms. The molecule has 3 nitrogen and oxygen atoms in total. The molecule has 0 heterocycles. The Hall–Kier alpha value is -0.696. The molecule has 2 atom stereocenters. The van der Waals surface area contributed by atoms with Gasteiger partial charge >= 0.3 is 0 Å². The lowest BCUT2D eigenvalue weighted by atomic mass is 9.88. The van der Waals surface area contributed by atoms with Crippen LogP contribution in [0, 0.1) is 0 Å². The Bertz CT molecular complexity index is 888. The van der Waals surface area contributed by atoms with Gasteiger partial charge in [-0.05, 0) is 59.0 Å². The summed E-state index contributed by atoms with van der Waals surface area (Å²) in [5, 5.41) is 10.6. The molecule has 0 bridgehead atoms. The van der Waals surface area contributed by atoms with E-state index in [9.17, 15) is 5.11 Å². The van der Waals surface area contributed by atoms with Gasteiger partial charge in [-0.1, -0.05) is 77.4 Å². The maximum atomic E-state index is 9.93. The first-order valence-electron chi connectivity index (χ1n) is 11.6. The van der Waals surface area contributed by atoms with Crippen molar-refractivity contribution in [2.75, 3.05) is 0 Å². The molecule has 0 aromatic heterocycles. The summed E-state index contributed by atoms with van der Waals surface area (Å²) in [5.41, 5.74) is 3.22. The molecule has 0 radical (unpaired) electrons. The maximum Gasteiger partial charge on any atom is 0.193 e. The number of aliphatic hydroxyl groups excluding tert-OH is 1. The van der Waals surface area contributed by atoms with Crippen LogP contribution in [0.15, 0.2) is 29.9 Å². The zero-order valence-electron chi connectivity index (χ0n) is 20.4. The maximum absolute atomic E-state index is 9.93. The van der Waals surface area contributed by atoms with Crippen molar-refractivity contribution in [3.05, 3.63) is 51.6 Å². The Labute approximate surface area is 195 Å². The number of halogens is 1. The van der Waals surface area contributed by atoms with Crippen molar-refractivity contribution in [3.8, 4) is 0 Å². The van der Waals surface area contributed by atoms with Crippen molar-refractivity contribution in [2.24, 2.45) is 0 Å². The second-order valence-electron chi connectivity index (χ2n) is 10.5. The molecule has 2 aliphatic rings. The fourth-order valence-corrected chi connectivity index (χ4v) is 9.13. The summed E-state index contributed by atoms with van der Waals surface area (Å²) in [7, 11) is -4.10. The molecule has 31 heavy (non-hydrogen) atoms. The second-order valence-corrected chi connectivity index (χ2v) is 20.3. The van der Waals surface area contributed by atoms with Crippen LogP contribution in [0.3, 0.4) is 0 Å². The number of fused-ring (bicyclic) bond motifs is 3. The lowest BCUT2D eigenvalue weighted by Gasteiger charge is -2.47. The highest BCUT2D eigenvalue weighted by Crippen LogP contribution is 2.57. The highest BCUT2D eigenvalue weighted by atomic mass is 35.5. The number of rotatable bonds is 8. The topological polar surface area (TPSA) is 38.7 Å². The third-order valence-corrected chi connectivity index (χ3v) is 17.4. The van der Waals surface area contributed by atoms with Gasteiger partial charge in [0.05, 0.1) is 11.6 Å². The van der Waals surface area contributed by atoms with Gasteiger partial charge in [-0.2, -0.15) is 0 Å². The van der Waals surface area contributed by atoms with Crippen LogP contribution in [0.2, 0.25) is 41.3 Å². The fraction of sp³-hybridized carbons (Fsp3) is 0.600. The molecule has 1 aromatic rings. The summed E-state index contributed by atoms with van der Waals surface area (Å²) in [4.78, 5) is 0. The SMILES string of the molecule is CC[Si](CC)(CC)O[C@]12C(=Cc3ccc(CO)c(Cl)c31)C=C[C@@H]2O[Si](C)(C)C(C)(C)C. The van der Waals surface area contributed by atoms with Crippen LogP contribution < -0.4 is 0 Å². The van der Waals surface area contributed by atoms with E-state index in [4.69, 9.17) is 20.5 Å². The smallest absolute Gasteiger partial charge is 0.193 e. The van der Waals surface area contributed by atoms with E-state index < -0.39 is 22.2 Å². The van der Waals surface area contributed by atoms with Crippen LogP contribution >= 0.6 is 11.6 Å². The summed E-state index contributed by atoms with van der Waals surface area (Å²) in [6, 6.07) is 7.13. The average Bonchev–Trinajstić information content (AvgIpc) is 3.19. The van der Waals surface area contributed by atoms with E-state index in [0.29, 0.717) is 5.02 Å². The van der Waals surface area contributed by atoms with Gasteiger partial charge < -0.3 is 14.0 Å². The van der Waals surface area contributed by atoms with Crippen LogP contribution in [0.5, 0.6) is 0 Å². The van der Waals surface area contributed by atoms with Crippen molar-refractivity contribution in [2.45, 2.75) is 96.1 Å². The molecule has 1 N–H and O–H groups in total. The Balaban J connectivity index is 2.23. The molecular weight excluding hydrogens is 440 g/mol. The first-order valence-corrected chi connectivity index (χ1v) is 17.4. The van der Waals surface area contributed by atoms with Crippen LogP contribution in [-0.4, -0.2) is 27.8 Å². The number of benzene rings is 1. The Kier molecular flexibility index (Phi) is 6.90. The van der Waals surface area contributed by atoms with E-state index in [1.54, 1.807) is 0 Å². The van der Waals surface area contributed by atoms with Gasteiger partial charge in [0, 0.05) is 5.56 Å². The van der Waals surface area contributed by atoms with Crippen molar-refractivity contribution in [1.82, 2.24) is 0 Å². The Morgan fingerprint density at radius 3 is 2.23 bits per heavy atom. The van der Waals surface area contributed by atoms with Gasteiger partial charge in [0.15, 0.2) is 16.6 Å². The Morgan fingerprint density at radius 2 is 1.71 bits per heavy atom. The van der Waals surface area contributed by atoms with E-state index in [1.165, 1.54) is 0 Å². The van der Waals surface area contributed by atoms with Crippen LogP contribution in [-0.2, 0) is 21.1 Å². The highest BCUT2D eigenvalue weighted by molar-refractivity contribution is 6.74. The first kappa shape index (κ1) is 24.9. The summed E-state index contributed by atoms with van der Waals surface area (Å²) in [6.07, 6.45) is 6.34. The monoisotopic (exact) mass is 478 g/mol. The van der Waals surface area contributed by atoms with Gasteiger partial charge in [-0.3, -0.25) is 0 Å². The minimum Gasteiger partial charge on any atom is -0.407 e. The molecular formula is C25H39ClO3Si2. The van der Waals surface area contributed by atoms with E-state index in [-0.39, 0.29) is 17.7 Å². The zero-order chi connectivity index (χ0) is 23.2.